The van der Waals surface area contributed by atoms with Crippen molar-refractivity contribution in [2.75, 3.05) is 6.54 Å². The van der Waals surface area contributed by atoms with Crippen LogP contribution in [0.1, 0.15) is 63.3 Å². The van der Waals surface area contributed by atoms with Crippen LogP contribution in [-0.4, -0.2) is 28.2 Å². The van der Waals surface area contributed by atoms with Crippen LogP contribution >= 0.6 is 0 Å². The number of hydrogen-bond donors (Lipinski definition) is 1. The molecule has 1 aromatic carbocycles. The van der Waals surface area contributed by atoms with E-state index < -0.39 is 11.7 Å². The third-order valence-electron chi connectivity index (χ3n) is 4.54. The Morgan fingerprint density at radius 2 is 2.05 bits per heavy atom. The molecular weight excluding hydrogens is 278 g/mol. The highest BCUT2D eigenvalue weighted by Crippen LogP contribution is 2.52. The maximum Gasteiger partial charge on any atom is 0.410 e. The SMILES string of the molecule is CC(O)c1ccc2c(c1)CN(C(=O)OC(C)(C)C)CC21CC1. The molecule has 0 radical (unpaired) electrons. The third-order valence-corrected chi connectivity index (χ3v) is 4.54. The number of nitrogens with zero attached hydrogens (tertiary/aromatic N) is 1. The van der Waals surface area contributed by atoms with Gasteiger partial charge in [0.05, 0.1) is 6.10 Å². The first kappa shape index (κ1) is 15.3. The number of aliphatic hydroxyl groups is 1. The van der Waals surface area contributed by atoms with Crippen LogP contribution in [0.15, 0.2) is 18.2 Å². The molecule has 1 atom stereocenters. The second-order valence-corrected chi connectivity index (χ2v) is 7.71. The number of rotatable bonds is 1. The molecule has 1 N–H and O–H groups in total. The minimum atomic E-state index is -0.489. The topological polar surface area (TPSA) is 49.8 Å². The molecule has 1 fully saturated rings. The Hall–Kier alpha value is -1.55. The Bertz CT molecular complexity index is 597. The van der Waals surface area contributed by atoms with Crippen LogP contribution in [0, 0.1) is 0 Å². The van der Waals surface area contributed by atoms with Crippen molar-refractivity contribution < 1.29 is 14.6 Å². The van der Waals surface area contributed by atoms with Gasteiger partial charge in [-0.05, 0) is 57.2 Å². The number of ether oxygens (including phenoxy) is 1. The molecule has 1 spiro atoms. The molecule has 120 valence electrons. The van der Waals surface area contributed by atoms with E-state index in [0.29, 0.717) is 6.54 Å². The molecule has 1 unspecified atom stereocenters. The third kappa shape index (κ3) is 2.84. The van der Waals surface area contributed by atoms with E-state index in [1.54, 1.807) is 6.92 Å². The second kappa shape index (κ2) is 4.98. The van der Waals surface area contributed by atoms with Crippen LogP contribution in [0.2, 0.25) is 0 Å². The Morgan fingerprint density at radius 1 is 1.36 bits per heavy atom. The van der Waals surface area contributed by atoms with E-state index in [4.69, 9.17) is 4.74 Å². The van der Waals surface area contributed by atoms with Crippen molar-refractivity contribution in [2.45, 2.75) is 64.2 Å². The van der Waals surface area contributed by atoms with Gasteiger partial charge in [0.25, 0.3) is 0 Å². The number of amides is 1. The van der Waals surface area contributed by atoms with E-state index in [-0.39, 0.29) is 11.5 Å². The summed E-state index contributed by atoms with van der Waals surface area (Å²) < 4.78 is 5.53. The maximum absolute atomic E-state index is 12.4. The van der Waals surface area contributed by atoms with Gasteiger partial charge in [-0.25, -0.2) is 4.79 Å². The molecule has 1 aliphatic carbocycles. The summed E-state index contributed by atoms with van der Waals surface area (Å²) in [6.45, 7) is 8.74. The van der Waals surface area contributed by atoms with E-state index >= 15 is 0 Å². The molecule has 1 aliphatic heterocycles. The molecule has 1 heterocycles. The molecule has 4 nitrogen and oxygen atoms in total. The number of fused-ring (bicyclic) bond motifs is 2. The minimum Gasteiger partial charge on any atom is -0.444 e. The molecule has 1 saturated carbocycles. The van der Waals surface area contributed by atoms with Crippen molar-refractivity contribution in [3.63, 3.8) is 0 Å². The largest absolute Gasteiger partial charge is 0.444 e. The highest BCUT2D eigenvalue weighted by molar-refractivity contribution is 5.69. The Labute approximate surface area is 132 Å². The molecular formula is C18H25NO3. The summed E-state index contributed by atoms with van der Waals surface area (Å²) in [6.07, 6.45) is 1.50. The summed E-state index contributed by atoms with van der Waals surface area (Å²) in [4.78, 5) is 14.2. The lowest BCUT2D eigenvalue weighted by molar-refractivity contribution is 0.0196. The van der Waals surface area contributed by atoms with E-state index in [1.165, 1.54) is 5.56 Å². The number of carbonyl (C=O) groups is 1. The summed E-state index contributed by atoms with van der Waals surface area (Å²) in [7, 11) is 0. The van der Waals surface area contributed by atoms with Crippen LogP contribution in [0.25, 0.3) is 0 Å². The van der Waals surface area contributed by atoms with Crippen molar-refractivity contribution in [3.8, 4) is 0 Å². The Balaban J connectivity index is 1.88. The average Bonchev–Trinajstić information content (AvgIpc) is 3.16. The maximum atomic E-state index is 12.4. The van der Waals surface area contributed by atoms with Gasteiger partial charge >= 0.3 is 6.09 Å². The number of benzene rings is 1. The number of carbonyl (C=O) groups excluding carboxylic acids is 1. The summed E-state index contributed by atoms with van der Waals surface area (Å²) in [5.74, 6) is 0. The Kier molecular flexibility index (Phi) is 3.48. The average molecular weight is 303 g/mol. The molecule has 2 aliphatic rings. The van der Waals surface area contributed by atoms with E-state index in [1.807, 2.05) is 37.8 Å². The van der Waals surface area contributed by atoms with Gasteiger partial charge in [0.15, 0.2) is 0 Å². The zero-order chi connectivity index (χ0) is 16.1. The molecule has 4 heteroatoms. The van der Waals surface area contributed by atoms with Gasteiger partial charge in [0.2, 0.25) is 0 Å². The summed E-state index contributed by atoms with van der Waals surface area (Å²) >= 11 is 0. The molecule has 1 aromatic rings. The van der Waals surface area contributed by atoms with Crippen LogP contribution in [0.4, 0.5) is 4.79 Å². The lowest BCUT2D eigenvalue weighted by atomic mass is 9.85. The number of aliphatic hydroxyl groups excluding tert-OH is 1. The minimum absolute atomic E-state index is 0.113. The van der Waals surface area contributed by atoms with Gasteiger partial charge in [0, 0.05) is 18.5 Å². The molecule has 0 bridgehead atoms. The predicted octanol–water partition coefficient (Wildman–Crippen LogP) is 3.52. The fraction of sp³-hybridized carbons (Fsp3) is 0.611. The summed E-state index contributed by atoms with van der Waals surface area (Å²) in [5, 5.41) is 9.79. The van der Waals surface area contributed by atoms with Gasteiger partial charge in [-0.15, -0.1) is 0 Å². The summed E-state index contributed by atoms with van der Waals surface area (Å²) in [6, 6.07) is 6.18. The van der Waals surface area contributed by atoms with Crippen LogP contribution < -0.4 is 0 Å². The van der Waals surface area contributed by atoms with Gasteiger partial charge < -0.3 is 14.7 Å². The quantitative estimate of drug-likeness (QED) is 0.863. The normalized spacial score (nSPS) is 20.5. The van der Waals surface area contributed by atoms with Crippen molar-refractivity contribution in [1.29, 1.82) is 0 Å². The Morgan fingerprint density at radius 3 is 2.59 bits per heavy atom. The molecule has 3 rings (SSSR count). The number of hydrogen-bond acceptors (Lipinski definition) is 3. The molecule has 22 heavy (non-hydrogen) atoms. The smallest absolute Gasteiger partial charge is 0.410 e. The monoisotopic (exact) mass is 303 g/mol. The molecule has 0 saturated heterocycles. The van der Waals surface area contributed by atoms with E-state index in [0.717, 1.165) is 30.5 Å². The molecule has 0 aromatic heterocycles. The lowest BCUT2D eigenvalue weighted by Crippen LogP contribution is -2.44. The zero-order valence-electron chi connectivity index (χ0n) is 13.8. The van der Waals surface area contributed by atoms with E-state index in [2.05, 4.69) is 6.07 Å². The van der Waals surface area contributed by atoms with Crippen molar-refractivity contribution in [2.24, 2.45) is 0 Å². The first-order valence-corrected chi connectivity index (χ1v) is 7.99. The first-order valence-electron chi connectivity index (χ1n) is 7.99. The van der Waals surface area contributed by atoms with Crippen LogP contribution in [0.3, 0.4) is 0 Å². The van der Waals surface area contributed by atoms with Gasteiger partial charge in [0.1, 0.15) is 5.60 Å². The highest BCUT2D eigenvalue weighted by Gasteiger charge is 2.50. The fourth-order valence-electron chi connectivity index (χ4n) is 3.27. The van der Waals surface area contributed by atoms with E-state index in [9.17, 15) is 9.90 Å². The molecule has 1 amide bonds. The van der Waals surface area contributed by atoms with Gasteiger partial charge in [-0.1, -0.05) is 18.2 Å². The zero-order valence-corrected chi connectivity index (χ0v) is 13.8. The second-order valence-electron chi connectivity index (χ2n) is 7.71. The van der Waals surface area contributed by atoms with Crippen molar-refractivity contribution in [3.05, 3.63) is 34.9 Å². The van der Waals surface area contributed by atoms with Crippen LogP contribution in [-0.2, 0) is 16.7 Å². The highest BCUT2D eigenvalue weighted by atomic mass is 16.6. The standard InChI is InChI=1S/C18H25NO3/c1-12(20)13-5-6-15-14(9-13)10-19(11-18(15)7-8-18)16(21)22-17(2,3)4/h5-6,9,12,20H,7-8,10-11H2,1-4H3. The first-order chi connectivity index (χ1) is 10.2. The predicted molar refractivity (Wildman–Crippen MR) is 84.6 cm³/mol. The van der Waals surface area contributed by atoms with Crippen molar-refractivity contribution in [1.82, 2.24) is 4.90 Å². The van der Waals surface area contributed by atoms with Crippen LogP contribution in [0.5, 0.6) is 0 Å². The summed E-state index contributed by atoms with van der Waals surface area (Å²) in [5.41, 5.74) is 3.03. The lowest BCUT2D eigenvalue weighted by Gasteiger charge is -2.36. The van der Waals surface area contributed by atoms with Gasteiger partial charge in [-0.2, -0.15) is 0 Å². The van der Waals surface area contributed by atoms with Crippen molar-refractivity contribution >= 4 is 6.09 Å². The van der Waals surface area contributed by atoms with Gasteiger partial charge in [-0.3, -0.25) is 0 Å². The fourth-order valence-corrected chi connectivity index (χ4v) is 3.27.